The monoisotopic (exact) mass is 297 g/mol. The van der Waals surface area contributed by atoms with Gasteiger partial charge >= 0.3 is 5.97 Å². The summed E-state index contributed by atoms with van der Waals surface area (Å²) in [5, 5.41) is 11.0. The number of hydrogen-bond acceptors (Lipinski definition) is 5. The van der Waals surface area contributed by atoms with Gasteiger partial charge in [-0.3, -0.25) is 4.79 Å². The second-order valence-electron chi connectivity index (χ2n) is 4.27. The molecule has 0 aliphatic rings. The van der Waals surface area contributed by atoms with Crippen LogP contribution in [0.4, 0.5) is 0 Å². The average molecular weight is 297 g/mol. The Morgan fingerprint density at radius 3 is 2.52 bits per heavy atom. The zero-order valence-corrected chi connectivity index (χ0v) is 12.0. The molecule has 0 fully saturated rings. The van der Waals surface area contributed by atoms with Gasteiger partial charge in [0.15, 0.2) is 11.5 Å². The Balaban J connectivity index is 2.32. The zero-order valence-electron chi connectivity index (χ0n) is 12.0. The van der Waals surface area contributed by atoms with Crippen LogP contribution in [0.1, 0.15) is 6.92 Å². The van der Waals surface area contributed by atoms with E-state index in [-0.39, 0.29) is 19.3 Å². The molecular formula is C14H19NO6. The van der Waals surface area contributed by atoms with Crippen LogP contribution >= 0.6 is 0 Å². The van der Waals surface area contributed by atoms with E-state index in [0.717, 1.165) is 0 Å². The number of carbonyl (C=O) groups excluding carboxylic acids is 1. The van der Waals surface area contributed by atoms with Crippen LogP contribution in [-0.4, -0.2) is 50.0 Å². The lowest BCUT2D eigenvalue weighted by Gasteiger charge is -2.17. The fraction of sp³-hybridized carbons (Fsp3) is 0.429. The molecule has 0 saturated heterocycles. The van der Waals surface area contributed by atoms with E-state index < -0.39 is 18.5 Å². The highest BCUT2D eigenvalue weighted by Crippen LogP contribution is 2.26. The first-order chi connectivity index (χ1) is 10.0. The predicted molar refractivity (Wildman–Crippen MR) is 74.5 cm³/mol. The van der Waals surface area contributed by atoms with Crippen LogP contribution in [0.15, 0.2) is 24.3 Å². The number of amides is 1. The number of hydrogen-bond donors (Lipinski definition) is 2. The lowest BCUT2D eigenvalue weighted by molar-refractivity contribution is -0.143. The van der Waals surface area contributed by atoms with E-state index in [1.165, 1.54) is 0 Å². The second kappa shape index (κ2) is 8.80. The SMILES string of the molecule is COc1ccccc1OC(C)CNC(=O)COCC(=O)O. The first-order valence-corrected chi connectivity index (χ1v) is 6.39. The minimum Gasteiger partial charge on any atom is -0.493 e. The van der Waals surface area contributed by atoms with Crippen molar-refractivity contribution >= 4 is 11.9 Å². The molecule has 1 atom stereocenters. The predicted octanol–water partition coefficient (Wildman–Crippen LogP) is 0.680. The number of nitrogens with one attached hydrogen (secondary N) is 1. The third-order valence-corrected chi connectivity index (χ3v) is 2.44. The van der Waals surface area contributed by atoms with Gasteiger partial charge in [-0.05, 0) is 19.1 Å². The minimum atomic E-state index is -1.12. The zero-order chi connectivity index (χ0) is 15.7. The third kappa shape index (κ3) is 6.62. The third-order valence-electron chi connectivity index (χ3n) is 2.44. The van der Waals surface area contributed by atoms with E-state index in [4.69, 9.17) is 14.6 Å². The van der Waals surface area contributed by atoms with Crippen LogP contribution in [-0.2, 0) is 14.3 Å². The number of aliphatic carboxylic acids is 1. The lowest BCUT2D eigenvalue weighted by atomic mass is 10.3. The van der Waals surface area contributed by atoms with Crippen LogP contribution in [0.5, 0.6) is 11.5 Å². The maximum absolute atomic E-state index is 11.4. The molecular weight excluding hydrogens is 278 g/mol. The van der Waals surface area contributed by atoms with Gasteiger partial charge in [-0.1, -0.05) is 12.1 Å². The normalized spacial score (nSPS) is 11.5. The molecule has 116 valence electrons. The summed E-state index contributed by atoms with van der Waals surface area (Å²) in [7, 11) is 1.55. The van der Waals surface area contributed by atoms with E-state index in [2.05, 4.69) is 10.1 Å². The summed E-state index contributed by atoms with van der Waals surface area (Å²) in [6.07, 6.45) is -0.273. The molecule has 0 saturated carbocycles. The summed E-state index contributed by atoms with van der Waals surface area (Å²) in [6, 6.07) is 7.20. The van der Waals surface area contributed by atoms with Crippen LogP contribution in [0.2, 0.25) is 0 Å². The quantitative estimate of drug-likeness (QED) is 0.696. The van der Waals surface area contributed by atoms with Gasteiger partial charge in [0.25, 0.3) is 0 Å². The minimum absolute atomic E-state index is 0.271. The van der Waals surface area contributed by atoms with E-state index in [0.29, 0.717) is 11.5 Å². The van der Waals surface area contributed by atoms with Gasteiger partial charge < -0.3 is 24.6 Å². The molecule has 0 aromatic heterocycles. The number of rotatable bonds is 9. The highest BCUT2D eigenvalue weighted by molar-refractivity contribution is 5.77. The van der Waals surface area contributed by atoms with Gasteiger partial charge in [-0.25, -0.2) is 4.79 Å². The molecule has 1 unspecified atom stereocenters. The molecule has 1 aromatic carbocycles. The van der Waals surface area contributed by atoms with Crippen LogP contribution < -0.4 is 14.8 Å². The van der Waals surface area contributed by atoms with Gasteiger partial charge in [0.2, 0.25) is 5.91 Å². The summed E-state index contributed by atoms with van der Waals surface area (Å²) >= 11 is 0. The largest absolute Gasteiger partial charge is 0.493 e. The molecule has 0 bridgehead atoms. The molecule has 0 radical (unpaired) electrons. The number of carbonyl (C=O) groups is 2. The number of carboxylic acid groups (broad SMARTS) is 1. The Hall–Kier alpha value is -2.28. The van der Waals surface area contributed by atoms with Crippen molar-refractivity contribution in [1.29, 1.82) is 0 Å². The van der Waals surface area contributed by atoms with Crippen molar-refractivity contribution in [3.63, 3.8) is 0 Å². The molecule has 1 aromatic rings. The highest BCUT2D eigenvalue weighted by atomic mass is 16.5. The molecule has 2 N–H and O–H groups in total. The molecule has 0 aliphatic heterocycles. The first-order valence-electron chi connectivity index (χ1n) is 6.39. The van der Waals surface area contributed by atoms with Crippen molar-refractivity contribution in [3.05, 3.63) is 24.3 Å². The van der Waals surface area contributed by atoms with Crippen molar-refractivity contribution in [2.75, 3.05) is 26.9 Å². The Morgan fingerprint density at radius 1 is 1.24 bits per heavy atom. The highest BCUT2D eigenvalue weighted by Gasteiger charge is 2.10. The molecule has 0 heterocycles. The van der Waals surface area contributed by atoms with Gasteiger partial charge in [-0.2, -0.15) is 0 Å². The Labute approximate surface area is 122 Å². The van der Waals surface area contributed by atoms with E-state index in [1.807, 2.05) is 12.1 Å². The first kappa shape index (κ1) is 16.8. The van der Waals surface area contributed by atoms with Crippen molar-refractivity contribution in [1.82, 2.24) is 5.32 Å². The fourth-order valence-electron chi connectivity index (χ4n) is 1.51. The molecule has 0 spiro atoms. The molecule has 1 amide bonds. The number of ether oxygens (including phenoxy) is 3. The summed E-state index contributed by atoms with van der Waals surface area (Å²) < 4.78 is 15.5. The van der Waals surface area contributed by atoms with Crippen molar-refractivity contribution < 1.29 is 28.9 Å². The summed E-state index contributed by atoms with van der Waals surface area (Å²) in [4.78, 5) is 21.6. The number of carboxylic acids is 1. The van der Waals surface area contributed by atoms with Crippen molar-refractivity contribution in [3.8, 4) is 11.5 Å². The average Bonchev–Trinajstić information content (AvgIpc) is 2.45. The molecule has 0 aliphatic carbocycles. The topological polar surface area (TPSA) is 94.1 Å². The van der Waals surface area contributed by atoms with E-state index in [1.54, 1.807) is 26.2 Å². The fourth-order valence-corrected chi connectivity index (χ4v) is 1.51. The van der Waals surface area contributed by atoms with E-state index in [9.17, 15) is 9.59 Å². The number of benzene rings is 1. The van der Waals surface area contributed by atoms with Crippen LogP contribution in [0.3, 0.4) is 0 Å². The number of para-hydroxylation sites is 2. The van der Waals surface area contributed by atoms with Crippen molar-refractivity contribution in [2.24, 2.45) is 0 Å². The summed E-state index contributed by atoms with van der Waals surface area (Å²) in [5.41, 5.74) is 0. The Bertz CT molecular complexity index is 476. The van der Waals surface area contributed by atoms with Gasteiger partial charge in [0, 0.05) is 0 Å². The standard InChI is InChI=1S/C14H19NO6/c1-10(7-15-13(16)8-20-9-14(17)18)21-12-6-4-3-5-11(12)19-2/h3-6,10H,7-9H2,1-2H3,(H,15,16)(H,17,18). The molecule has 1 rings (SSSR count). The van der Waals surface area contributed by atoms with Crippen LogP contribution in [0, 0.1) is 0 Å². The second-order valence-corrected chi connectivity index (χ2v) is 4.27. The Kier molecular flexibility index (Phi) is 7.03. The van der Waals surface area contributed by atoms with Gasteiger partial charge in [0.05, 0.1) is 13.7 Å². The maximum Gasteiger partial charge on any atom is 0.329 e. The van der Waals surface area contributed by atoms with E-state index >= 15 is 0 Å². The van der Waals surface area contributed by atoms with Gasteiger partial charge in [-0.15, -0.1) is 0 Å². The van der Waals surface area contributed by atoms with Crippen molar-refractivity contribution in [2.45, 2.75) is 13.0 Å². The van der Waals surface area contributed by atoms with Gasteiger partial charge in [0.1, 0.15) is 19.3 Å². The summed E-state index contributed by atoms with van der Waals surface area (Å²) in [5.74, 6) is -0.313. The smallest absolute Gasteiger partial charge is 0.329 e. The molecule has 7 nitrogen and oxygen atoms in total. The van der Waals surface area contributed by atoms with Crippen LogP contribution in [0.25, 0.3) is 0 Å². The molecule has 21 heavy (non-hydrogen) atoms. The molecule has 7 heteroatoms. The maximum atomic E-state index is 11.4. The summed E-state index contributed by atoms with van der Waals surface area (Å²) in [6.45, 7) is 1.27. The Morgan fingerprint density at radius 2 is 1.90 bits per heavy atom. The number of methoxy groups -OCH3 is 1. The lowest BCUT2D eigenvalue weighted by Crippen LogP contribution is -2.36.